The minimum absolute atomic E-state index is 0.361. The van der Waals surface area contributed by atoms with E-state index in [1.165, 1.54) is 38.5 Å². The monoisotopic (exact) mass is 370 g/mol. The molecule has 28 heavy (non-hydrogen) atoms. The van der Waals surface area contributed by atoms with Crippen molar-refractivity contribution in [1.29, 1.82) is 0 Å². The summed E-state index contributed by atoms with van der Waals surface area (Å²) in [4.78, 5) is 0. The number of fused-ring (bicyclic) bond motifs is 1. The van der Waals surface area contributed by atoms with E-state index in [0.717, 1.165) is 28.5 Å². The highest BCUT2D eigenvalue weighted by Gasteiger charge is 2.28. The van der Waals surface area contributed by atoms with E-state index in [1.807, 2.05) is 36.3 Å². The number of hydrogen-bond acceptors (Lipinski definition) is 2. The number of para-hydroxylation sites is 2. The molecule has 0 atom stereocenters. The molecule has 1 heterocycles. The highest BCUT2D eigenvalue weighted by atomic mass is 16.6. The largest absolute Gasteiger partial charge is 0.625 e. The molecule has 0 unspecified atom stereocenters. The van der Waals surface area contributed by atoms with Crippen LogP contribution in [0.15, 0.2) is 54.5 Å². The summed E-state index contributed by atoms with van der Waals surface area (Å²) in [6, 6.07) is 16.1. The maximum absolute atomic E-state index is 5.75. The van der Waals surface area contributed by atoms with Crippen LogP contribution in [0.25, 0.3) is 6.08 Å². The zero-order chi connectivity index (χ0) is 19.2. The SMILES string of the molecule is CCCC1CCC(C#Cc2ccc(/C=C/B3Oc4ccccc4O3)cc2)CC1. The van der Waals surface area contributed by atoms with E-state index >= 15 is 0 Å². The van der Waals surface area contributed by atoms with E-state index in [-0.39, 0.29) is 7.12 Å². The van der Waals surface area contributed by atoms with Crippen LogP contribution in [0.4, 0.5) is 0 Å². The summed E-state index contributed by atoms with van der Waals surface area (Å²) in [5.74, 6) is 11.9. The minimum Gasteiger partial charge on any atom is -0.520 e. The van der Waals surface area contributed by atoms with Gasteiger partial charge in [0.25, 0.3) is 0 Å². The molecule has 1 aliphatic heterocycles. The molecular formula is C25H27BO2. The number of benzene rings is 2. The summed E-state index contributed by atoms with van der Waals surface area (Å²) in [6.07, 6.45) is 9.97. The number of rotatable bonds is 4. The fourth-order valence-corrected chi connectivity index (χ4v) is 4.05. The Morgan fingerprint density at radius 2 is 1.64 bits per heavy atom. The molecule has 0 radical (unpaired) electrons. The lowest BCUT2D eigenvalue weighted by Gasteiger charge is -2.25. The van der Waals surface area contributed by atoms with E-state index in [1.54, 1.807) is 0 Å². The second kappa shape index (κ2) is 9.06. The van der Waals surface area contributed by atoms with Crippen LogP contribution in [0.3, 0.4) is 0 Å². The molecule has 1 aliphatic carbocycles. The lowest BCUT2D eigenvalue weighted by atomic mass is 9.80. The van der Waals surface area contributed by atoms with Crippen LogP contribution in [-0.4, -0.2) is 7.12 Å². The van der Waals surface area contributed by atoms with Crippen molar-refractivity contribution in [3.05, 3.63) is 65.6 Å². The molecule has 0 aromatic heterocycles. The first kappa shape index (κ1) is 18.8. The highest BCUT2D eigenvalue weighted by molar-refractivity contribution is 6.54. The second-order valence-electron chi connectivity index (χ2n) is 7.81. The summed E-state index contributed by atoms with van der Waals surface area (Å²) in [5, 5.41) is 0. The van der Waals surface area contributed by atoms with Gasteiger partial charge in [0.1, 0.15) is 11.5 Å². The molecule has 0 bridgehead atoms. The molecule has 0 amide bonds. The Kier molecular flexibility index (Phi) is 6.07. The van der Waals surface area contributed by atoms with Crippen LogP contribution < -0.4 is 9.31 Å². The Morgan fingerprint density at radius 1 is 0.964 bits per heavy atom. The summed E-state index contributed by atoms with van der Waals surface area (Å²) >= 11 is 0. The molecule has 4 rings (SSSR count). The van der Waals surface area contributed by atoms with Gasteiger partial charge in [0.15, 0.2) is 0 Å². The van der Waals surface area contributed by atoms with E-state index in [4.69, 9.17) is 9.31 Å². The van der Waals surface area contributed by atoms with Crippen LogP contribution in [0.2, 0.25) is 0 Å². The first-order chi connectivity index (χ1) is 13.8. The Hall–Kier alpha value is -2.60. The molecule has 0 N–H and O–H groups in total. The van der Waals surface area contributed by atoms with Gasteiger partial charge in [-0.05, 0) is 67.4 Å². The molecule has 2 nitrogen and oxygen atoms in total. The Balaban J connectivity index is 1.29. The van der Waals surface area contributed by atoms with Crippen molar-refractivity contribution in [2.75, 3.05) is 0 Å². The lowest BCUT2D eigenvalue weighted by Crippen LogP contribution is -2.21. The highest BCUT2D eigenvalue weighted by Crippen LogP contribution is 2.33. The van der Waals surface area contributed by atoms with Gasteiger partial charge in [-0.3, -0.25) is 0 Å². The fraction of sp³-hybridized carbons (Fsp3) is 0.360. The predicted molar refractivity (Wildman–Crippen MR) is 116 cm³/mol. The molecule has 142 valence electrons. The fourth-order valence-electron chi connectivity index (χ4n) is 4.05. The number of hydrogen-bond donors (Lipinski definition) is 0. The van der Waals surface area contributed by atoms with Crippen molar-refractivity contribution in [1.82, 2.24) is 0 Å². The quantitative estimate of drug-likeness (QED) is 0.474. The minimum atomic E-state index is -0.361. The van der Waals surface area contributed by atoms with E-state index in [0.29, 0.717) is 5.92 Å². The van der Waals surface area contributed by atoms with Crippen molar-refractivity contribution in [2.24, 2.45) is 11.8 Å². The summed E-state index contributed by atoms with van der Waals surface area (Å²) in [7, 11) is -0.361. The maximum atomic E-state index is 5.75. The molecule has 1 saturated carbocycles. The van der Waals surface area contributed by atoms with Gasteiger partial charge >= 0.3 is 7.12 Å². The van der Waals surface area contributed by atoms with E-state index < -0.39 is 0 Å². The summed E-state index contributed by atoms with van der Waals surface area (Å²) in [5.41, 5.74) is 2.21. The third kappa shape index (κ3) is 4.81. The Morgan fingerprint density at radius 3 is 2.29 bits per heavy atom. The van der Waals surface area contributed by atoms with Crippen molar-refractivity contribution in [3.63, 3.8) is 0 Å². The van der Waals surface area contributed by atoms with Gasteiger partial charge in [-0.1, -0.05) is 61.9 Å². The standard InChI is InChI=1S/C25H27BO2/c1-2-5-20-8-10-21(11-9-20)12-13-22-14-16-23(17-15-22)18-19-26-27-24-6-3-4-7-25(24)28-26/h3-4,6-7,14-21H,2,5,8-11H2,1H3/b19-18+. The van der Waals surface area contributed by atoms with Crippen molar-refractivity contribution < 1.29 is 9.31 Å². The van der Waals surface area contributed by atoms with Crippen LogP contribution in [-0.2, 0) is 0 Å². The first-order valence-corrected chi connectivity index (χ1v) is 10.5. The summed E-state index contributed by atoms with van der Waals surface area (Å²) < 4.78 is 11.5. The van der Waals surface area contributed by atoms with Crippen LogP contribution in [0.5, 0.6) is 11.5 Å². The average Bonchev–Trinajstić information content (AvgIpc) is 3.16. The molecule has 2 aliphatic rings. The molecule has 1 fully saturated rings. The summed E-state index contributed by atoms with van der Waals surface area (Å²) in [6.45, 7) is 2.29. The molecule has 3 heteroatoms. The Labute approximate surface area is 169 Å². The Bertz CT molecular complexity index is 842. The molecular weight excluding hydrogens is 343 g/mol. The van der Waals surface area contributed by atoms with Gasteiger partial charge in [0.05, 0.1) is 0 Å². The van der Waals surface area contributed by atoms with Crippen molar-refractivity contribution in [2.45, 2.75) is 45.4 Å². The zero-order valence-electron chi connectivity index (χ0n) is 16.6. The van der Waals surface area contributed by atoms with E-state index in [9.17, 15) is 0 Å². The van der Waals surface area contributed by atoms with Crippen molar-refractivity contribution >= 4 is 13.2 Å². The van der Waals surface area contributed by atoms with Gasteiger partial charge < -0.3 is 9.31 Å². The first-order valence-electron chi connectivity index (χ1n) is 10.5. The molecule has 0 saturated heterocycles. The smallest absolute Gasteiger partial charge is 0.520 e. The topological polar surface area (TPSA) is 18.5 Å². The second-order valence-corrected chi connectivity index (χ2v) is 7.81. The van der Waals surface area contributed by atoms with Crippen LogP contribution in [0.1, 0.15) is 56.6 Å². The lowest BCUT2D eigenvalue weighted by molar-refractivity contribution is 0.300. The van der Waals surface area contributed by atoms with Crippen molar-refractivity contribution in [3.8, 4) is 23.3 Å². The van der Waals surface area contributed by atoms with Crippen LogP contribution >= 0.6 is 0 Å². The van der Waals surface area contributed by atoms with Gasteiger partial charge in [-0.2, -0.15) is 0 Å². The molecule has 0 spiro atoms. The maximum Gasteiger partial charge on any atom is 0.625 e. The molecule has 2 aromatic rings. The van der Waals surface area contributed by atoms with Gasteiger partial charge in [0.2, 0.25) is 0 Å². The van der Waals surface area contributed by atoms with E-state index in [2.05, 4.69) is 43.0 Å². The predicted octanol–water partition coefficient (Wildman–Crippen LogP) is 6.16. The zero-order valence-corrected chi connectivity index (χ0v) is 16.6. The van der Waals surface area contributed by atoms with Gasteiger partial charge in [-0.15, -0.1) is 0 Å². The third-order valence-corrected chi connectivity index (χ3v) is 5.66. The van der Waals surface area contributed by atoms with Gasteiger partial charge in [-0.25, -0.2) is 0 Å². The van der Waals surface area contributed by atoms with Crippen LogP contribution in [0, 0.1) is 23.7 Å². The normalized spacial score (nSPS) is 20.8. The third-order valence-electron chi connectivity index (χ3n) is 5.66. The average molecular weight is 370 g/mol. The molecule has 2 aromatic carbocycles. The van der Waals surface area contributed by atoms with Gasteiger partial charge in [0, 0.05) is 11.5 Å².